The lowest BCUT2D eigenvalue weighted by Gasteiger charge is -2.15. The Morgan fingerprint density at radius 2 is 2.00 bits per heavy atom. The molecule has 122 valence electrons. The van der Waals surface area contributed by atoms with Gasteiger partial charge in [0.1, 0.15) is 0 Å². The van der Waals surface area contributed by atoms with E-state index in [1.165, 1.54) is 0 Å². The molecular formula is C18H23N3O2. The lowest BCUT2D eigenvalue weighted by Crippen LogP contribution is -2.32. The molecule has 2 aromatic rings. The molecule has 0 bridgehead atoms. The molecular weight excluding hydrogens is 290 g/mol. The Labute approximate surface area is 136 Å². The van der Waals surface area contributed by atoms with Crippen LogP contribution in [0, 0.1) is 11.8 Å². The zero-order chi connectivity index (χ0) is 16.6. The van der Waals surface area contributed by atoms with Gasteiger partial charge in [0.25, 0.3) is 0 Å². The van der Waals surface area contributed by atoms with Crippen molar-refractivity contribution in [3.05, 3.63) is 36.0 Å². The Morgan fingerprint density at radius 3 is 2.65 bits per heavy atom. The highest BCUT2D eigenvalue weighted by Gasteiger charge is 2.35. The predicted octanol–water partition coefficient (Wildman–Crippen LogP) is 1.78. The molecule has 2 amide bonds. The van der Waals surface area contributed by atoms with Crippen LogP contribution in [0.1, 0.15) is 19.4 Å². The molecule has 2 N–H and O–H groups in total. The van der Waals surface area contributed by atoms with Crippen LogP contribution < -0.4 is 5.73 Å². The molecule has 3 rings (SSSR count). The van der Waals surface area contributed by atoms with Crippen molar-refractivity contribution in [2.24, 2.45) is 17.6 Å². The minimum atomic E-state index is -0.310. The Hall–Kier alpha value is -2.30. The minimum absolute atomic E-state index is 0.0691. The van der Waals surface area contributed by atoms with Gasteiger partial charge in [0.2, 0.25) is 11.8 Å². The maximum atomic E-state index is 12.6. The van der Waals surface area contributed by atoms with E-state index in [1.54, 1.807) is 4.90 Å². The Balaban J connectivity index is 1.80. The number of likely N-dealkylation sites (tertiary alicyclic amines) is 1. The molecule has 0 unspecified atom stereocenters. The monoisotopic (exact) mass is 313 g/mol. The van der Waals surface area contributed by atoms with Crippen LogP contribution in [0.25, 0.3) is 10.9 Å². The standard InChI is InChI=1S/C18H23N3O2/c1-3-20-10-13(14-6-4-5-7-16(14)20)8-17(22)21-9-12(2)15(11-21)18(19)23/h4-7,10,12,15H,3,8-9,11H2,1-2H3,(H2,19,23)/t12-,15-/m1/s1. The van der Waals surface area contributed by atoms with Crippen LogP contribution >= 0.6 is 0 Å². The molecule has 2 atom stereocenters. The van der Waals surface area contributed by atoms with E-state index >= 15 is 0 Å². The van der Waals surface area contributed by atoms with Crippen LogP contribution in [0.15, 0.2) is 30.5 Å². The van der Waals surface area contributed by atoms with Crippen molar-refractivity contribution in [1.29, 1.82) is 0 Å². The number of aryl methyl sites for hydroxylation is 1. The molecule has 5 heteroatoms. The molecule has 1 aliphatic heterocycles. The minimum Gasteiger partial charge on any atom is -0.369 e. The summed E-state index contributed by atoms with van der Waals surface area (Å²) in [6, 6.07) is 8.15. The summed E-state index contributed by atoms with van der Waals surface area (Å²) in [5, 5.41) is 1.13. The highest BCUT2D eigenvalue weighted by atomic mass is 16.2. The summed E-state index contributed by atoms with van der Waals surface area (Å²) in [7, 11) is 0. The lowest BCUT2D eigenvalue weighted by atomic mass is 9.98. The molecule has 23 heavy (non-hydrogen) atoms. The van der Waals surface area contributed by atoms with Gasteiger partial charge in [-0.3, -0.25) is 9.59 Å². The molecule has 2 heterocycles. The summed E-state index contributed by atoms with van der Waals surface area (Å²) < 4.78 is 2.16. The third-order valence-electron chi connectivity index (χ3n) is 4.88. The average Bonchev–Trinajstić information content (AvgIpc) is 3.09. The molecule has 0 aliphatic carbocycles. The molecule has 0 saturated carbocycles. The van der Waals surface area contributed by atoms with Gasteiger partial charge in [0.05, 0.1) is 12.3 Å². The number of primary amides is 1. The van der Waals surface area contributed by atoms with Crippen molar-refractivity contribution >= 4 is 22.7 Å². The van der Waals surface area contributed by atoms with E-state index in [0.29, 0.717) is 19.5 Å². The van der Waals surface area contributed by atoms with Crippen molar-refractivity contribution in [2.45, 2.75) is 26.8 Å². The van der Waals surface area contributed by atoms with E-state index < -0.39 is 0 Å². The first-order chi connectivity index (χ1) is 11.0. The van der Waals surface area contributed by atoms with Gasteiger partial charge in [-0.05, 0) is 24.5 Å². The number of para-hydroxylation sites is 1. The van der Waals surface area contributed by atoms with Crippen LogP contribution in [0.4, 0.5) is 0 Å². The van der Waals surface area contributed by atoms with Gasteiger partial charge in [0.15, 0.2) is 0 Å². The Morgan fingerprint density at radius 1 is 1.26 bits per heavy atom. The molecule has 0 spiro atoms. The second-order valence-corrected chi connectivity index (χ2v) is 6.42. The number of nitrogens with zero attached hydrogens (tertiary/aromatic N) is 2. The number of benzene rings is 1. The first-order valence-electron chi connectivity index (χ1n) is 8.15. The zero-order valence-electron chi connectivity index (χ0n) is 13.7. The highest BCUT2D eigenvalue weighted by molar-refractivity contribution is 5.90. The fourth-order valence-electron chi connectivity index (χ4n) is 3.54. The largest absolute Gasteiger partial charge is 0.369 e. The number of carbonyl (C=O) groups excluding carboxylic acids is 2. The van der Waals surface area contributed by atoms with Gasteiger partial charge in [-0.1, -0.05) is 25.1 Å². The number of rotatable bonds is 4. The third kappa shape index (κ3) is 2.83. The first kappa shape index (κ1) is 15.6. The van der Waals surface area contributed by atoms with Crippen molar-refractivity contribution in [3.63, 3.8) is 0 Å². The smallest absolute Gasteiger partial charge is 0.227 e. The molecule has 0 radical (unpaired) electrons. The SMILES string of the molecule is CCn1cc(CC(=O)N2C[C@@H](C)[C@H](C(N)=O)C2)c2ccccc21. The van der Waals surface area contributed by atoms with E-state index in [2.05, 4.69) is 29.8 Å². The van der Waals surface area contributed by atoms with Gasteiger partial charge < -0.3 is 15.2 Å². The van der Waals surface area contributed by atoms with Gasteiger partial charge in [-0.25, -0.2) is 0 Å². The van der Waals surface area contributed by atoms with Gasteiger partial charge in [0, 0.05) is 36.7 Å². The zero-order valence-corrected chi connectivity index (χ0v) is 13.7. The van der Waals surface area contributed by atoms with Crippen LogP contribution in [-0.2, 0) is 22.6 Å². The summed E-state index contributed by atoms with van der Waals surface area (Å²) in [6.45, 7) is 6.00. The number of fused-ring (bicyclic) bond motifs is 1. The van der Waals surface area contributed by atoms with E-state index in [4.69, 9.17) is 5.73 Å². The maximum absolute atomic E-state index is 12.6. The summed E-state index contributed by atoms with van der Waals surface area (Å²) in [5.41, 5.74) is 7.62. The first-order valence-corrected chi connectivity index (χ1v) is 8.15. The molecule has 1 aromatic heterocycles. The van der Waals surface area contributed by atoms with Crippen LogP contribution in [0.5, 0.6) is 0 Å². The van der Waals surface area contributed by atoms with E-state index in [0.717, 1.165) is 23.0 Å². The molecule has 1 fully saturated rings. The lowest BCUT2D eigenvalue weighted by molar-refractivity contribution is -0.129. The molecule has 1 saturated heterocycles. The summed E-state index contributed by atoms with van der Waals surface area (Å²) in [5.74, 6) is -0.334. The number of nitrogens with two attached hydrogens (primary N) is 1. The fourth-order valence-corrected chi connectivity index (χ4v) is 3.54. The molecule has 1 aromatic carbocycles. The normalized spacial score (nSPS) is 21.0. The quantitative estimate of drug-likeness (QED) is 0.935. The van der Waals surface area contributed by atoms with Crippen LogP contribution in [-0.4, -0.2) is 34.4 Å². The second-order valence-electron chi connectivity index (χ2n) is 6.42. The summed E-state index contributed by atoms with van der Waals surface area (Å²) in [6.07, 6.45) is 2.43. The number of aromatic nitrogens is 1. The van der Waals surface area contributed by atoms with Crippen molar-refractivity contribution in [1.82, 2.24) is 9.47 Å². The number of amides is 2. The number of hydrogen-bond acceptors (Lipinski definition) is 2. The maximum Gasteiger partial charge on any atom is 0.227 e. The van der Waals surface area contributed by atoms with Crippen LogP contribution in [0.3, 0.4) is 0 Å². The second kappa shape index (κ2) is 6.07. The van der Waals surface area contributed by atoms with E-state index in [1.807, 2.05) is 19.1 Å². The fraction of sp³-hybridized carbons (Fsp3) is 0.444. The summed E-state index contributed by atoms with van der Waals surface area (Å²) >= 11 is 0. The van der Waals surface area contributed by atoms with Gasteiger partial charge >= 0.3 is 0 Å². The van der Waals surface area contributed by atoms with E-state index in [-0.39, 0.29) is 23.7 Å². The van der Waals surface area contributed by atoms with E-state index in [9.17, 15) is 9.59 Å². The number of carbonyl (C=O) groups is 2. The topological polar surface area (TPSA) is 68.3 Å². The van der Waals surface area contributed by atoms with Crippen molar-refractivity contribution < 1.29 is 9.59 Å². The Bertz CT molecular complexity index is 750. The number of hydrogen-bond donors (Lipinski definition) is 1. The third-order valence-corrected chi connectivity index (χ3v) is 4.88. The molecule has 1 aliphatic rings. The van der Waals surface area contributed by atoms with Crippen LogP contribution in [0.2, 0.25) is 0 Å². The Kier molecular flexibility index (Phi) is 4.11. The van der Waals surface area contributed by atoms with Crippen molar-refractivity contribution in [3.8, 4) is 0 Å². The van der Waals surface area contributed by atoms with Crippen molar-refractivity contribution in [2.75, 3.05) is 13.1 Å². The molecule has 5 nitrogen and oxygen atoms in total. The summed E-state index contributed by atoms with van der Waals surface area (Å²) in [4.78, 5) is 25.8. The average molecular weight is 313 g/mol. The van der Waals surface area contributed by atoms with Gasteiger partial charge in [-0.2, -0.15) is 0 Å². The van der Waals surface area contributed by atoms with Gasteiger partial charge in [-0.15, -0.1) is 0 Å². The highest BCUT2D eigenvalue weighted by Crippen LogP contribution is 2.26. The predicted molar refractivity (Wildman–Crippen MR) is 89.7 cm³/mol.